The van der Waals surface area contributed by atoms with E-state index in [0.717, 1.165) is 37.8 Å². The average Bonchev–Trinajstić information content (AvgIpc) is 3.27. The molecule has 5 heteroatoms. The molecule has 1 aliphatic carbocycles. The topological polar surface area (TPSA) is 53.3 Å². The van der Waals surface area contributed by atoms with E-state index in [9.17, 15) is 4.79 Å². The van der Waals surface area contributed by atoms with Gasteiger partial charge < -0.3 is 9.64 Å². The molecule has 1 amide bonds. The standard InChI is InChI=1S/C20H24N2O2S/c21-10-16-6-3-7-17(8-16)19(23)22-13-20(14-22)9-18(12-25-20)24-11-15-4-1-2-5-15/h3,6-8,15,18H,1-2,4-5,9,11-14H2/t18-/m1/s1. The van der Waals surface area contributed by atoms with E-state index in [4.69, 9.17) is 10.00 Å². The van der Waals surface area contributed by atoms with Gasteiger partial charge in [-0.3, -0.25) is 4.79 Å². The number of carbonyl (C=O) groups is 1. The van der Waals surface area contributed by atoms with Gasteiger partial charge in [0.15, 0.2) is 0 Å². The van der Waals surface area contributed by atoms with Crippen molar-refractivity contribution in [3.8, 4) is 6.07 Å². The molecule has 132 valence electrons. The van der Waals surface area contributed by atoms with Crippen LogP contribution >= 0.6 is 11.8 Å². The summed E-state index contributed by atoms with van der Waals surface area (Å²) in [5, 5.41) is 8.99. The van der Waals surface area contributed by atoms with E-state index < -0.39 is 0 Å². The summed E-state index contributed by atoms with van der Waals surface area (Å²) in [6, 6.07) is 9.08. The van der Waals surface area contributed by atoms with Gasteiger partial charge in [-0.1, -0.05) is 18.9 Å². The number of carbonyl (C=O) groups excluding carboxylic acids is 1. The van der Waals surface area contributed by atoms with Gasteiger partial charge >= 0.3 is 0 Å². The lowest BCUT2D eigenvalue weighted by Gasteiger charge is -2.47. The minimum absolute atomic E-state index is 0.0404. The van der Waals surface area contributed by atoms with Crippen LogP contribution < -0.4 is 0 Å². The van der Waals surface area contributed by atoms with Crippen LogP contribution in [0, 0.1) is 17.2 Å². The maximum Gasteiger partial charge on any atom is 0.253 e. The maximum absolute atomic E-state index is 12.6. The van der Waals surface area contributed by atoms with E-state index in [1.807, 2.05) is 16.7 Å². The first kappa shape index (κ1) is 16.9. The Morgan fingerprint density at radius 3 is 2.92 bits per heavy atom. The van der Waals surface area contributed by atoms with E-state index >= 15 is 0 Å². The Kier molecular flexibility index (Phi) is 4.75. The summed E-state index contributed by atoms with van der Waals surface area (Å²) in [6.45, 7) is 2.53. The highest BCUT2D eigenvalue weighted by molar-refractivity contribution is 8.01. The van der Waals surface area contributed by atoms with Gasteiger partial charge in [0, 0.05) is 31.0 Å². The molecule has 0 bridgehead atoms. The molecule has 1 atom stereocenters. The van der Waals surface area contributed by atoms with E-state index in [0.29, 0.717) is 17.2 Å². The molecule has 2 saturated heterocycles. The number of ether oxygens (including phenoxy) is 1. The first-order valence-corrected chi connectivity index (χ1v) is 10.2. The molecule has 2 heterocycles. The van der Waals surface area contributed by atoms with Gasteiger partial charge in [0.25, 0.3) is 5.91 Å². The first-order chi connectivity index (χ1) is 12.2. The van der Waals surface area contributed by atoms with Crippen molar-refractivity contribution in [2.24, 2.45) is 5.92 Å². The van der Waals surface area contributed by atoms with Gasteiger partial charge in [0.2, 0.25) is 0 Å². The number of rotatable bonds is 4. The van der Waals surface area contributed by atoms with Crippen LogP contribution in [0.5, 0.6) is 0 Å². The third-order valence-electron chi connectivity index (χ3n) is 5.70. The summed E-state index contributed by atoms with van der Waals surface area (Å²) in [4.78, 5) is 14.5. The molecule has 1 spiro atoms. The summed E-state index contributed by atoms with van der Waals surface area (Å²) in [6.07, 6.45) is 6.80. The van der Waals surface area contributed by atoms with Crippen molar-refractivity contribution in [1.29, 1.82) is 5.26 Å². The van der Waals surface area contributed by atoms with Crippen molar-refractivity contribution >= 4 is 17.7 Å². The smallest absolute Gasteiger partial charge is 0.253 e. The van der Waals surface area contributed by atoms with Crippen LogP contribution in [0.1, 0.15) is 48.0 Å². The minimum atomic E-state index is 0.0404. The molecule has 1 saturated carbocycles. The van der Waals surface area contributed by atoms with Crippen LogP contribution in [0.3, 0.4) is 0 Å². The van der Waals surface area contributed by atoms with Crippen LogP contribution in [0.2, 0.25) is 0 Å². The molecule has 2 aliphatic heterocycles. The zero-order chi connectivity index (χ0) is 17.3. The molecule has 1 aromatic carbocycles. The molecular formula is C20H24N2O2S. The van der Waals surface area contributed by atoms with Crippen LogP contribution in [0.4, 0.5) is 0 Å². The van der Waals surface area contributed by atoms with Gasteiger partial charge in [0.1, 0.15) is 0 Å². The van der Waals surface area contributed by atoms with Gasteiger partial charge in [-0.05, 0) is 43.4 Å². The van der Waals surface area contributed by atoms with Gasteiger partial charge in [-0.2, -0.15) is 5.26 Å². The monoisotopic (exact) mass is 356 g/mol. The highest BCUT2D eigenvalue weighted by Gasteiger charge is 2.51. The molecule has 25 heavy (non-hydrogen) atoms. The fourth-order valence-electron chi connectivity index (χ4n) is 4.28. The molecule has 4 rings (SSSR count). The van der Waals surface area contributed by atoms with Crippen LogP contribution in [0.15, 0.2) is 24.3 Å². The number of likely N-dealkylation sites (tertiary alicyclic amines) is 1. The van der Waals surface area contributed by atoms with Crippen molar-refractivity contribution in [3.05, 3.63) is 35.4 Å². The number of benzene rings is 1. The van der Waals surface area contributed by atoms with Crippen molar-refractivity contribution in [3.63, 3.8) is 0 Å². The second kappa shape index (κ2) is 7.01. The lowest BCUT2D eigenvalue weighted by molar-refractivity contribution is 0.0197. The quantitative estimate of drug-likeness (QED) is 0.829. The van der Waals surface area contributed by atoms with Crippen LogP contribution in [0.25, 0.3) is 0 Å². The fraction of sp³-hybridized carbons (Fsp3) is 0.600. The molecule has 0 aromatic heterocycles. The second-order valence-electron chi connectivity index (χ2n) is 7.66. The zero-order valence-electron chi connectivity index (χ0n) is 14.4. The van der Waals surface area contributed by atoms with Crippen molar-refractivity contribution < 1.29 is 9.53 Å². The predicted molar refractivity (Wildman–Crippen MR) is 98.6 cm³/mol. The Morgan fingerprint density at radius 2 is 2.16 bits per heavy atom. The molecule has 4 nitrogen and oxygen atoms in total. The summed E-state index contributed by atoms with van der Waals surface area (Å²) in [5.41, 5.74) is 1.16. The first-order valence-electron chi connectivity index (χ1n) is 9.22. The minimum Gasteiger partial charge on any atom is -0.377 e. The molecule has 1 aromatic rings. The number of hydrogen-bond donors (Lipinski definition) is 0. The van der Waals surface area contributed by atoms with Crippen molar-refractivity contribution in [2.45, 2.75) is 43.0 Å². The molecule has 0 radical (unpaired) electrons. The Balaban J connectivity index is 1.28. The number of hydrogen-bond acceptors (Lipinski definition) is 4. The largest absolute Gasteiger partial charge is 0.377 e. The van der Waals surface area contributed by atoms with Crippen molar-refractivity contribution in [1.82, 2.24) is 4.90 Å². The van der Waals surface area contributed by atoms with E-state index in [-0.39, 0.29) is 10.7 Å². The Hall–Kier alpha value is -1.51. The number of nitriles is 1. The van der Waals surface area contributed by atoms with Crippen molar-refractivity contribution in [2.75, 3.05) is 25.4 Å². The van der Waals surface area contributed by atoms with Gasteiger partial charge in [0.05, 0.1) is 22.5 Å². The third kappa shape index (κ3) is 3.56. The molecule has 3 fully saturated rings. The van der Waals surface area contributed by atoms with Crippen LogP contribution in [-0.2, 0) is 4.74 Å². The summed E-state index contributed by atoms with van der Waals surface area (Å²) in [5.74, 6) is 1.87. The maximum atomic E-state index is 12.6. The predicted octanol–water partition coefficient (Wildman–Crippen LogP) is 3.47. The molecule has 0 N–H and O–H groups in total. The normalized spacial score (nSPS) is 25.1. The highest BCUT2D eigenvalue weighted by Crippen LogP contribution is 2.46. The lowest BCUT2D eigenvalue weighted by atomic mass is 9.92. The Labute approximate surface area is 153 Å². The number of amides is 1. The zero-order valence-corrected chi connectivity index (χ0v) is 15.3. The summed E-state index contributed by atoms with van der Waals surface area (Å²) < 4.78 is 6.37. The van der Waals surface area contributed by atoms with E-state index in [2.05, 4.69) is 6.07 Å². The molecular weight excluding hydrogens is 332 g/mol. The van der Waals surface area contributed by atoms with E-state index in [1.54, 1.807) is 24.3 Å². The average molecular weight is 356 g/mol. The SMILES string of the molecule is N#Cc1cccc(C(=O)N2CC3(C[C@@H](OCC4CCCC4)CS3)C2)c1. The molecule has 0 unspecified atom stereocenters. The van der Waals surface area contributed by atoms with Crippen LogP contribution in [-0.4, -0.2) is 47.1 Å². The Morgan fingerprint density at radius 1 is 1.36 bits per heavy atom. The lowest BCUT2D eigenvalue weighted by Crippen LogP contribution is -2.60. The van der Waals surface area contributed by atoms with Gasteiger partial charge in [-0.15, -0.1) is 11.8 Å². The van der Waals surface area contributed by atoms with E-state index in [1.165, 1.54) is 25.7 Å². The summed E-state index contributed by atoms with van der Waals surface area (Å²) >= 11 is 1.97. The fourth-order valence-corrected chi connectivity index (χ4v) is 5.83. The number of nitrogens with zero attached hydrogens (tertiary/aromatic N) is 2. The number of thioether (sulfide) groups is 1. The third-order valence-corrected chi connectivity index (χ3v) is 7.28. The molecule has 3 aliphatic rings. The Bertz CT molecular complexity index is 687. The highest BCUT2D eigenvalue weighted by atomic mass is 32.2. The second-order valence-corrected chi connectivity index (χ2v) is 9.15. The summed E-state index contributed by atoms with van der Waals surface area (Å²) in [7, 11) is 0. The van der Waals surface area contributed by atoms with Gasteiger partial charge in [-0.25, -0.2) is 0 Å².